The van der Waals surface area contributed by atoms with E-state index in [9.17, 15) is 8.42 Å². The molecule has 9 heteroatoms. The van der Waals surface area contributed by atoms with Gasteiger partial charge in [0.2, 0.25) is 0 Å². The van der Waals surface area contributed by atoms with Gasteiger partial charge in [0.05, 0.1) is 16.6 Å². The standard InChI is InChI=1S/C16H10Br2ClNO4S/c1-23-14-7-9(4-5-13(14)19)25(21,22)24-16-12(18)8-11(17)10-3-2-6-20-15(10)16/h2-8H,1H3. The van der Waals surface area contributed by atoms with Gasteiger partial charge in [-0.1, -0.05) is 33.6 Å². The van der Waals surface area contributed by atoms with Crippen LogP contribution in [0.4, 0.5) is 0 Å². The van der Waals surface area contributed by atoms with Gasteiger partial charge in [0.15, 0.2) is 5.75 Å². The molecule has 0 saturated heterocycles. The van der Waals surface area contributed by atoms with E-state index >= 15 is 0 Å². The minimum atomic E-state index is -4.11. The van der Waals surface area contributed by atoms with Gasteiger partial charge in [-0.15, -0.1) is 0 Å². The summed E-state index contributed by atoms with van der Waals surface area (Å²) in [7, 11) is -2.71. The highest BCUT2D eigenvalue weighted by atomic mass is 79.9. The molecule has 0 unspecified atom stereocenters. The normalized spacial score (nSPS) is 11.5. The Labute approximate surface area is 166 Å². The molecule has 0 aliphatic heterocycles. The van der Waals surface area contributed by atoms with Gasteiger partial charge < -0.3 is 8.92 Å². The summed E-state index contributed by atoms with van der Waals surface area (Å²) in [5, 5.41) is 1.03. The maximum Gasteiger partial charge on any atom is 0.339 e. The Morgan fingerprint density at radius 3 is 2.60 bits per heavy atom. The first-order chi connectivity index (χ1) is 11.8. The highest BCUT2D eigenvalue weighted by Crippen LogP contribution is 2.39. The molecule has 0 spiro atoms. The number of nitrogens with zero attached hydrogens (tertiary/aromatic N) is 1. The summed E-state index contributed by atoms with van der Waals surface area (Å²) in [5.41, 5.74) is 0.410. The number of ether oxygens (including phenoxy) is 1. The van der Waals surface area contributed by atoms with Crippen molar-refractivity contribution >= 4 is 64.5 Å². The van der Waals surface area contributed by atoms with Crippen LogP contribution in [0.15, 0.2) is 56.4 Å². The second kappa shape index (κ2) is 7.11. The summed E-state index contributed by atoms with van der Waals surface area (Å²) in [6.45, 7) is 0. The molecule has 3 rings (SSSR count). The van der Waals surface area contributed by atoms with Crippen LogP contribution in [0.25, 0.3) is 10.9 Å². The quantitative estimate of drug-likeness (QED) is 0.455. The van der Waals surface area contributed by atoms with E-state index in [0.29, 0.717) is 15.0 Å². The molecule has 0 aliphatic rings. The lowest BCUT2D eigenvalue weighted by molar-refractivity contribution is 0.413. The number of aromatic nitrogens is 1. The highest BCUT2D eigenvalue weighted by Gasteiger charge is 2.23. The molecule has 1 aromatic heterocycles. The van der Waals surface area contributed by atoms with Crippen LogP contribution >= 0.6 is 43.5 Å². The van der Waals surface area contributed by atoms with Crippen molar-refractivity contribution in [1.29, 1.82) is 0 Å². The first-order valence-corrected chi connectivity index (χ1v) is 10.2. The van der Waals surface area contributed by atoms with Crippen molar-refractivity contribution in [3.63, 3.8) is 0 Å². The number of fused-ring (bicyclic) bond motifs is 1. The molecular formula is C16H10Br2ClNO4S. The summed E-state index contributed by atoms with van der Waals surface area (Å²) in [5.74, 6) is 0.344. The van der Waals surface area contributed by atoms with Crippen LogP contribution in [0.2, 0.25) is 5.02 Å². The molecular weight excluding hydrogens is 498 g/mol. The Morgan fingerprint density at radius 2 is 1.88 bits per heavy atom. The van der Waals surface area contributed by atoms with Gasteiger partial charge in [-0.3, -0.25) is 4.98 Å². The lowest BCUT2D eigenvalue weighted by atomic mass is 10.2. The Bertz CT molecular complexity index is 1070. The minimum Gasteiger partial charge on any atom is -0.495 e. The Morgan fingerprint density at radius 1 is 1.12 bits per heavy atom. The molecule has 0 fully saturated rings. The van der Waals surface area contributed by atoms with E-state index < -0.39 is 10.1 Å². The summed E-state index contributed by atoms with van der Waals surface area (Å²) in [4.78, 5) is 4.16. The number of hydrogen-bond donors (Lipinski definition) is 0. The maximum absolute atomic E-state index is 12.7. The average Bonchev–Trinajstić information content (AvgIpc) is 2.59. The van der Waals surface area contributed by atoms with Crippen LogP contribution in [-0.4, -0.2) is 20.5 Å². The molecule has 3 aromatic rings. The second-order valence-electron chi connectivity index (χ2n) is 4.90. The van der Waals surface area contributed by atoms with Crippen LogP contribution in [0.1, 0.15) is 0 Å². The van der Waals surface area contributed by atoms with Gasteiger partial charge in [-0.25, -0.2) is 0 Å². The van der Waals surface area contributed by atoms with Gasteiger partial charge in [0.25, 0.3) is 0 Å². The molecule has 1 heterocycles. The van der Waals surface area contributed by atoms with E-state index in [2.05, 4.69) is 36.8 Å². The lowest BCUT2D eigenvalue weighted by Gasteiger charge is -2.13. The monoisotopic (exact) mass is 505 g/mol. The van der Waals surface area contributed by atoms with Crippen molar-refractivity contribution in [3.05, 3.63) is 56.6 Å². The predicted molar refractivity (Wildman–Crippen MR) is 103 cm³/mol. The van der Waals surface area contributed by atoms with Crippen LogP contribution in [0, 0.1) is 0 Å². The van der Waals surface area contributed by atoms with E-state index in [1.807, 2.05) is 6.07 Å². The Kier molecular flexibility index (Phi) is 5.24. The van der Waals surface area contributed by atoms with E-state index in [1.165, 1.54) is 25.3 Å². The van der Waals surface area contributed by atoms with E-state index in [4.69, 9.17) is 20.5 Å². The molecule has 0 atom stereocenters. The SMILES string of the molecule is COc1cc(S(=O)(=O)Oc2c(Br)cc(Br)c3cccnc23)ccc1Cl. The second-order valence-corrected chi connectivity index (χ2v) is 8.56. The zero-order valence-electron chi connectivity index (χ0n) is 12.7. The van der Waals surface area contributed by atoms with Crippen LogP contribution < -0.4 is 8.92 Å². The van der Waals surface area contributed by atoms with Crippen molar-refractivity contribution in [2.45, 2.75) is 4.90 Å². The lowest BCUT2D eigenvalue weighted by Crippen LogP contribution is -2.11. The number of methoxy groups -OCH3 is 1. The molecule has 0 aliphatic carbocycles. The fourth-order valence-corrected chi connectivity index (χ4v) is 4.81. The van der Waals surface area contributed by atoms with Gasteiger partial charge in [0.1, 0.15) is 16.2 Å². The zero-order chi connectivity index (χ0) is 18.2. The molecule has 0 bridgehead atoms. The fourth-order valence-electron chi connectivity index (χ4n) is 2.18. The summed E-state index contributed by atoms with van der Waals surface area (Å²) >= 11 is 12.7. The molecule has 0 radical (unpaired) electrons. The molecule has 0 N–H and O–H groups in total. The van der Waals surface area contributed by atoms with Crippen LogP contribution in [0.5, 0.6) is 11.5 Å². The van der Waals surface area contributed by atoms with Crippen molar-refractivity contribution in [3.8, 4) is 11.5 Å². The molecule has 130 valence electrons. The molecule has 2 aromatic carbocycles. The molecule has 0 saturated carbocycles. The number of rotatable bonds is 4. The molecule has 25 heavy (non-hydrogen) atoms. The third-order valence-corrected chi connectivity index (χ3v) is 6.13. The number of hydrogen-bond acceptors (Lipinski definition) is 5. The molecule has 0 amide bonds. The van der Waals surface area contributed by atoms with E-state index in [0.717, 1.165) is 9.86 Å². The Balaban J connectivity index is 2.12. The van der Waals surface area contributed by atoms with Crippen molar-refractivity contribution < 1.29 is 17.3 Å². The smallest absolute Gasteiger partial charge is 0.339 e. The fraction of sp³-hybridized carbons (Fsp3) is 0.0625. The third kappa shape index (κ3) is 3.62. The summed E-state index contributed by atoms with van der Waals surface area (Å²) < 4.78 is 37.0. The first-order valence-electron chi connectivity index (χ1n) is 6.84. The van der Waals surface area contributed by atoms with Crippen molar-refractivity contribution in [2.24, 2.45) is 0 Å². The average molecular weight is 508 g/mol. The zero-order valence-corrected chi connectivity index (χ0v) is 17.4. The molecule has 5 nitrogen and oxygen atoms in total. The number of benzene rings is 2. The minimum absolute atomic E-state index is 0.0763. The van der Waals surface area contributed by atoms with Crippen molar-refractivity contribution in [2.75, 3.05) is 7.11 Å². The van der Waals surface area contributed by atoms with E-state index in [-0.39, 0.29) is 16.4 Å². The third-order valence-electron chi connectivity index (χ3n) is 3.35. The van der Waals surface area contributed by atoms with Gasteiger partial charge >= 0.3 is 10.1 Å². The summed E-state index contributed by atoms with van der Waals surface area (Å²) in [6, 6.07) is 9.36. The van der Waals surface area contributed by atoms with E-state index in [1.54, 1.807) is 18.3 Å². The predicted octanol–water partition coefficient (Wildman–Crippen LogP) is 5.19. The van der Waals surface area contributed by atoms with Gasteiger partial charge in [0, 0.05) is 22.1 Å². The summed E-state index contributed by atoms with van der Waals surface area (Å²) in [6.07, 6.45) is 1.56. The van der Waals surface area contributed by atoms with Crippen LogP contribution in [-0.2, 0) is 10.1 Å². The van der Waals surface area contributed by atoms with Crippen molar-refractivity contribution in [1.82, 2.24) is 4.98 Å². The highest BCUT2D eigenvalue weighted by molar-refractivity contribution is 9.11. The van der Waals surface area contributed by atoms with Gasteiger partial charge in [-0.2, -0.15) is 8.42 Å². The first kappa shape index (κ1) is 18.4. The number of halogens is 3. The van der Waals surface area contributed by atoms with Gasteiger partial charge in [-0.05, 0) is 40.2 Å². The topological polar surface area (TPSA) is 65.5 Å². The largest absolute Gasteiger partial charge is 0.495 e. The Hall–Kier alpha value is -1.35. The maximum atomic E-state index is 12.7. The van der Waals surface area contributed by atoms with Crippen LogP contribution in [0.3, 0.4) is 0 Å². The number of pyridine rings is 1.